The second-order valence-corrected chi connectivity index (χ2v) is 12.0. The van der Waals surface area contributed by atoms with Crippen LogP contribution in [0.3, 0.4) is 0 Å². The largest absolute Gasteiger partial charge is 0.295 e. The minimum absolute atomic E-state index is 0. The van der Waals surface area contributed by atoms with Crippen molar-refractivity contribution in [2.75, 3.05) is 31.9 Å². The van der Waals surface area contributed by atoms with Crippen LogP contribution in [0.15, 0.2) is 12.1 Å². The van der Waals surface area contributed by atoms with Crippen LogP contribution >= 0.6 is 47.2 Å². The van der Waals surface area contributed by atoms with Gasteiger partial charge in [-0.2, -0.15) is 4.31 Å². The second kappa shape index (κ2) is 11.2. The topological polar surface area (TPSA) is 57.7 Å². The summed E-state index contributed by atoms with van der Waals surface area (Å²) < 4.78 is 53.8. The maximum atomic E-state index is 14.0. The summed E-state index contributed by atoms with van der Waals surface area (Å²) in [5.74, 6) is -2.95. The molecule has 5 nitrogen and oxygen atoms in total. The number of benzene rings is 1. The summed E-state index contributed by atoms with van der Waals surface area (Å²) in [4.78, 5) is 15.0. The Morgan fingerprint density at radius 3 is 2.00 bits per heavy atom. The maximum absolute atomic E-state index is 14.0. The summed E-state index contributed by atoms with van der Waals surface area (Å²) in [5.41, 5.74) is -0.405. The first-order valence-electron chi connectivity index (χ1n) is 10.7. The van der Waals surface area contributed by atoms with E-state index in [2.05, 4.69) is 4.90 Å². The fraction of sp³-hybridized carbons (Fsp3) is 0.667. The van der Waals surface area contributed by atoms with E-state index in [1.165, 1.54) is 16.4 Å². The van der Waals surface area contributed by atoms with Crippen LogP contribution in [0.25, 0.3) is 0 Å². The molecule has 0 atom stereocenters. The van der Waals surface area contributed by atoms with Gasteiger partial charge in [-0.15, -0.1) is 12.4 Å². The van der Waals surface area contributed by atoms with Crippen molar-refractivity contribution in [2.24, 2.45) is 0 Å². The summed E-state index contributed by atoms with van der Waals surface area (Å²) in [5, 5.41) is 0.646. The number of ketones is 1. The number of carbonyl (C=O) groups is 1. The SMILES string of the molecule is CCS(=O)(=O)N1CCN(C2(CCC(=O)c3c(Cl)cc(Cl)cc3Cl)CCC(F)(F)CC2)CC1.Cl. The van der Waals surface area contributed by atoms with Crippen molar-refractivity contribution in [1.82, 2.24) is 9.21 Å². The Bertz CT molecular complexity index is 937. The van der Waals surface area contributed by atoms with E-state index < -0.39 is 21.5 Å². The fourth-order valence-electron chi connectivity index (χ4n) is 4.71. The highest BCUT2D eigenvalue weighted by Gasteiger charge is 2.47. The summed E-state index contributed by atoms with van der Waals surface area (Å²) >= 11 is 18.3. The van der Waals surface area contributed by atoms with Gasteiger partial charge in [-0.1, -0.05) is 34.8 Å². The average Bonchev–Trinajstić information content (AvgIpc) is 2.73. The highest BCUT2D eigenvalue weighted by Crippen LogP contribution is 2.45. The minimum atomic E-state index is -3.30. The van der Waals surface area contributed by atoms with Gasteiger partial charge in [0.05, 0.1) is 21.4 Å². The summed E-state index contributed by atoms with van der Waals surface area (Å²) in [6, 6.07) is 2.90. The molecule has 0 unspecified atom stereocenters. The molecule has 2 fully saturated rings. The maximum Gasteiger partial charge on any atom is 0.248 e. The van der Waals surface area contributed by atoms with Gasteiger partial charge in [-0.3, -0.25) is 9.69 Å². The zero-order valence-corrected chi connectivity index (χ0v) is 22.2. The van der Waals surface area contributed by atoms with Crippen LogP contribution in [0.1, 0.15) is 55.8 Å². The molecule has 33 heavy (non-hydrogen) atoms. The third-order valence-electron chi connectivity index (χ3n) is 6.68. The molecule has 0 radical (unpaired) electrons. The Morgan fingerprint density at radius 1 is 1.00 bits per heavy atom. The number of hydrogen-bond donors (Lipinski definition) is 0. The molecule has 1 aromatic rings. The van der Waals surface area contributed by atoms with Gasteiger partial charge in [-0.05, 0) is 38.3 Å². The van der Waals surface area contributed by atoms with Crippen molar-refractivity contribution in [3.63, 3.8) is 0 Å². The smallest absolute Gasteiger partial charge is 0.248 e. The van der Waals surface area contributed by atoms with Gasteiger partial charge in [0.15, 0.2) is 5.78 Å². The first kappa shape index (κ1) is 29.0. The van der Waals surface area contributed by atoms with Crippen LogP contribution in [0, 0.1) is 0 Å². The predicted molar refractivity (Wildman–Crippen MR) is 131 cm³/mol. The first-order chi connectivity index (χ1) is 14.9. The van der Waals surface area contributed by atoms with Gasteiger partial charge in [0.1, 0.15) is 0 Å². The van der Waals surface area contributed by atoms with Gasteiger partial charge in [0.2, 0.25) is 15.9 Å². The quantitative estimate of drug-likeness (QED) is 0.382. The number of alkyl halides is 2. The number of hydrogen-bond acceptors (Lipinski definition) is 4. The Balaban J connectivity index is 0.00000385. The molecule has 0 bridgehead atoms. The van der Waals surface area contributed by atoms with Crippen LogP contribution < -0.4 is 0 Å². The standard InChI is InChI=1S/C21H27Cl3F2N2O3S.ClH/c1-2-32(30,31)28-11-9-27(10-12-28)20(5-7-21(25,26)8-6-20)4-3-18(29)19-16(23)13-15(22)14-17(19)24;/h13-14H,2-12H2,1H3;1H. The third-order valence-corrected chi connectivity index (χ3v) is 9.38. The van der Waals surface area contributed by atoms with Gasteiger partial charge in [0.25, 0.3) is 0 Å². The molecule has 1 heterocycles. The molecule has 12 heteroatoms. The molecular formula is C21H28Cl4F2N2O3S. The number of halogens is 6. The number of Topliss-reactive ketones (excluding diaryl/α,β-unsaturated/α-hetero) is 1. The normalized spacial score (nSPS) is 21.4. The van der Waals surface area contributed by atoms with Crippen LogP contribution in [-0.2, 0) is 10.0 Å². The van der Waals surface area contributed by atoms with Crippen LogP contribution in [-0.4, -0.2) is 66.8 Å². The Hall–Kier alpha value is -0.220. The summed E-state index contributed by atoms with van der Waals surface area (Å²) in [6.45, 7) is 3.13. The Labute approximate surface area is 215 Å². The monoisotopic (exact) mass is 566 g/mol. The molecule has 1 aromatic carbocycles. The Morgan fingerprint density at radius 2 is 1.52 bits per heavy atom. The molecular weight excluding hydrogens is 540 g/mol. The van der Waals surface area contributed by atoms with Crippen LogP contribution in [0.5, 0.6) is 0 Å². The molecule has 2 aliphatic rings. The zero-order chi connectivity index (χ0) is 23.7. The second-order valence-electron chi connectivity index (χ2n) is 8.53. The number of rotatable bonds is 7. The average molecular weight is 568 g/mol. The van der Waals surface area contributed by atoms with E-state index >= 15 is 0 Å². The Kier molecular flexibility index (Phi) is 9.87. The number of carbonyl (C=O) groups excluding carboxylic acids is 1. The zero-order valence-electron chi connectivity index (χ0n) is 18.3. The lowest BCUT2D eigenvalue weighted by Crippen LogP contribution is -2.60. The van der Waals surface area contributed by atoms with Crippen molar-refractivity contribution >= 4 is 63.0 Å². The van der Waals surface area contributed by atoms with E-state index in [-0.39, 0.29) is 71.7 Å². The van der Waals surface area contributed by atoms with E-state index in [1.807, 2.05) is 0 Å². The van der Waals surface area contributed by atoms with Gasteiger partial charge in [0, 0.05) is 56.0 Å². The highest BCUT2D eigenvalue weighted by molar-refractivity contribution is 7.89. The van der Waals surface area contributed by atoms with E-state index in [0.29, 0.717) is 37.6 Å². The molecule has 0 N–H and O–H groups in total. The van der Waals surface area contributed by atoms with Crippen LogP contribution in [0.4, 0.5) is 8.78 Å². The molecule has 1 aliphatic carbocycles. The van der Waals surface area contributed by atoms with Gasteiger partial charge < -0.3 is 0 Å². The summed E-state index contributed by atoms with van der Waals surface area (Å²) in [6.07, 6.45) is 0.456. The first-order valence-corrected chi connectivity index (χ1v) is 13.4. The third kappa shape index (κ3) is 6.72. The number of piperazine rings is 1. The van der Waals surface area contributed by atoms with Crippen molar-refractivity contribution in [3.8, 4) is 0 Å². The number of nitrogens with zero attached hydrogens (tertiary/aromatic N) is 2. The molecule has 1 saturated heterocycles. The lowest BCUT2D eigenvalue weighted by Gasteiger charge is -2.51. The van der Waals surface area contributed by atoms with E-state index in [9.17, 15) is 22.0 Å². The lowest BCUT2D eigenvalue weighted by molar-refractivity contribution is -0.0891. The predicted octanol–water partition coefficient (Wildman–Crippen LogP) is 5.95. The van der Waals surface area contributed by atoms with E-state index in [1.54, 1.807) is 6.92 Å². The van der Waals surface area contributed by atoms with Crippen molar-refractivity contribution < 1.29 is 22.0 Å². The molecule has 1 saturated carbocycles. The number of sulfonamides is 1. The minimum Gasteiger partial charge on any atom is -0.295 e. The summed E-state index contributed by atoms with van der Waals surface area (Å²) in [7, 11) is -3.30. The van der Waals surface area contributed by atoms with Crippen LogP contribution in [0.2, 0.25) is 15.1 Å². The molecule has 3 rings (SSSR count). The molecule has 0 spiro atoms. The van der Waals surface area contributed by atoms with E-state index in [0.717, 1.165) is 0 Å². The fourth-order valence-corrected chi connectivity index (χ4v) is 6.82. The molecule has 0 amide bonds. The lowest BCUT2D eigenvalue weighted by atomic mass is 9.74. The molecule has 188 valence electrons. The van der Waals surface area contributed by atoms with Crippen molar-refractivity contribution in [3.05, 3.63) is 32.8 Å². The van der Waals surface area contributed by atoms with Gasteiger partial charge in [-0.25, -0.2) is 17.2 Å². The molecule has 1 aliphatic heterocycles. The highest BCUT2D eigenvalue weighted by atomic mass is 35.5. The van der Waals surface area contributed by atoms with Gasteiger partial charge >= 0.3 is 0 Å². The van der Waals surface area contributed by atoms with Crippen molar-refractivity contribution in [2.45, 2.75) is 56.9 Å². The molecule has 0 aromatic heterocycles. The van der Waals surface area contributed by atoms with E-state index in [4.69, 9.17) is 34.8 Å². The van der Waals surface area contributed by atoms with Crippen molar-refractivity contribution in [1.29, 1.82) is 0 Å².